The van der Waals surface area contributed by atoms with Crippen molar-refractivity contribution in [1.82, 2.24) is 4.57 Å². The molecule has 0 saturated heterocycles. The van der Waals surface area contributed by atoms with Gasteiger partial charge in [-0.25, -0.2) is 0 Å². The number of benzene rings is 2. The van der Waals surface area contributed by atoms with E-state index in [0.717, 1.165) is 27.7 Å². The molecule has 25 heavy (non-hydrogen) atoms. The summed E-state index contributed by atoms with van der Waals surface area (Å²) in [5.74, 6) is -1.22. The molecule has 0 aliphatic carbocycles. The van der Waals surface area contributed by atoms with Crippen molar-refractivity contribution in [3.05, 3.63) is 65.9 Å². The van der Waals surface area contributed by atoms with Gasteiger partial charge in [0, 0.05) is 40.8 Å². The largest absolute Gasteiger partial charge is 0.548 e. The number of fused-ring (bicyclic) bond motifs is 2. The molecule has 0 radical (unpaired) electrons. The summed E-state index contributed by atoms with van der Waals surface area (Å²) in [5.41, 5.74) is 3.97. The lowest BCUT2D eigenvalue weighted by atomic mass is 10.0. The van der Waals surface area contributed by atoms with E-state index in [1.165, 1.54) is 0 Å². The van der Waals surface area contributed by atoms with Crippen LogP contribution in [0.4, 0.5) is 5.69 Å². The van der Waals surface area contributed by atoms with Crippen molar-refractivity contribution in [2.45, 2.75) is 6.54 Å². The predicted molar refractivity (Wildman–Crippen MR) is 94.7 cm³/mol. The van der Waals surface area contributed by atoms with Crippen molar-refractivity contribution < 1.29 is 14.7 Å². The van der Waals surface area contributed by atoms with Gasteiger partial charge in [-0.2, -0.15) is 0 Å². The van der Waals surface area contributed by atoms with E-state index in [1.54, 1.807) is 22.7 Å². The molecule has 0 spiro atoms. The Hall–Kier alpha value is -3.34. The number of hydrogen-bond acceptors (Lipinski definition) is 3. The number of carboxylic acids is 1. The van der Waals surface area contributed by atoms with Crippen LogP contribution in [0.15, 0.2) is 54.7 Å². The van der Waals surface area contributed by atoms with Crippen molar-refractivity contribution in [3.63, 3.8) is 0 Å². The van der Waals surface area contributed by atoms with Crippen molar-refractivity contribution in [3.8, 4) is 0 Å². The molecule has 0 bridgehead atoms. The zero-order valence-electron chi connectivity index (χ0n) is 13.6. The molecule has 1 amide bonds. The fourth-order valence-corrected chi connectivity index (χ4v) is 3.35. The summed E-state index contributed by atoms with van der Waals surface area (Å²) in [6.45, 7) is -0.228. The van der Waals surface area contributed by atoms with E-state index in [-0.39, 0.29) is 12.5 Å². The Bertz CT molecular complexity index is 1050. The standard InChI is InChI=1S/C20H16N2O3/c1-21-17-8-4-3-7-15(17)16(20(21)25)10-13-11-22(12-19(23)24)18-9-5-2-6-14(13)18/h2-11H,12H2,1H3,(H,23,24)/p-1. The molecule has 1 aliphatic rings. The molecule has 1 aromatic heterocycles. The number of hydrogen-bond donors (Lipinski definition) is 0. The summed E-state index contributed by atoms with van der Waals surface area (Å²) >= 11 is 0. The highest BCUT2D eigenvalue weighted by Gasteiger charge is 2.29. The maximum atomic E-state index is 12.6. The monoisotopic (exact) mass is 331 g/mol. The van der Waals surface area contributed by atoms with Gasteiger partial charge in [-0.15, -0.1) is 0 Å². The quantitative estimate of drug-likeness (QED) is 0.689. The van der Waals surface area contributed by atoms with Crippen LogP contribution in [-0.2, 0) is 16.1 Å². The van der Waals surface area contributed by atoms with Crippen LogP contribution in [0.25, 0.3) is 22.6 Å². The minimum Gasteiger partial charge on any atom is -0.548 e. The highest BCUT2D eigenvalue weighted by atomic mass is 16.4. The summed E-state index contributed by atoms with van der Waals surface area (Å²) in [5, 5.41) is 11.9. The van der Waals surface area contributed by atoms with Crippen LogP contribution in [0.5, 0.6) is 0 Å². The SMILES string of the molecule is CN1C(=O)C(=Cc2cn(CC(=O)[O-])c3ccccc23)c2ccccc21. The lowest BCUT2D eigenvalue weighted by Crippen LogP contribution is -2.27. The lowest BCUT2D eigenvalue weighted by molar-refractivity contribution is -0.306. The number of carbonyl (C=O) groups is 2. The van der Waals surface area contributed by atoms with Crippen molar-refractivity contribution in [2.24, 2.45) is 0 Å². The molecule has 4 rings (SSSR count). The maximum Gasteiger partial charge on any atom is 0.258 e. The van der Waals surface area contributed by atoms with Crippen molar-refractivity contribution >= 4 is 40.1 Å². The molecular formula is C20H15N2O3-. The number of carbonyl (C=O) groups excluding carboxylic acids is 2. The molecule has 0 atom stereocenters. The van der Waals surface area contributed by atoms with Gasteiger partial charge in [-0.1, -0.05) is 36.4 Å². The molecule has 2 heterocycles. The van der Waals surface area contributed by atoms with Gasteiger partial charge >= 0.3 is 0 Å². The van der Waals surface area contributed by atoms with Gasteiger partial charge in [0.25, 0.3) is 5.91 Å². The molecule has 0 fully saturated rings. The topological polar surface area (TPSA) is 65.4 Å². The van der Waals surface area contributed by atoms with E-state index in [4.69, 9.17) is 0 Å². The molecule has 0 saturated carbocycles. The number of rotatable bonds is 3. The van der Waals surface area contributed by atoms with Crippen molar-refractivity contribution in [1.29, 1.82) is 0 Å². The molecule has 124 valence electrons. The Morgan fingerprint density at radius 1 is 1.12 bits per heavy atom. The van der Waals surface area contributed by atoms with Gasteiger partial charge in [0.15, 0.2) is 0 Å². The second kappa shape index (κ2) is 5.63. The first-order chi connectivity index (χ1) is 12.1. The average molecular weight is 331 g/mol. The molecule has 2 aromatic carbocycles. The molecular weight excluding hydrogens is 316 g/mol. The predicted octanol–water partition coefficient (Wildman–Crippen LogP) is 1.91. The number of amides is 1. The zero-order chi connectivity index (χ0) is 17.6. The second-order valence-corrected chi connectivity index (χ2v) is 6.04. The first-order valence-corrected chi connectivity index (χ1v) is 7.93. The third-order valence-electron chi connectivity index (χ3n) is 4.51. The molecule has 5 heteroatoms. The fourth-order valence-electron chi connectivity index (χ4n) is 3.35. The molecule has 0 N–H and O–H groups in total. The fraction of sp³-hybridized carbons (Fsp3) is 0.100. The molecule has 3 aromatic rings. The van der Waals surface area contributed by atoms with Crippen LogP contribution >= 0.6 is 0 Å². The molecule has 5 nitrogen and oxygen atoms in total. The number of likely N-dealkylation sites (N-methyl/N-ethyl adjacent to an activating group) is 1. The average Bonchev–Trinajstić information content (AvgIpc) is 3.06. The minimum atomic E-state index is -1.15. The number of anilines is 1. The van der Waals surface area contributed by atoms with Crippen LogP contribution < -0.4 is 10.0 Å². The highest BCUT2D eigenvalue weighted by Crippen LogP contribution is 2.37. The highest BCUT2D eigenvalue weighted by molar-refractivity contribution is 6.36. The third-order valence-corrected chi connectivity index (χ3v) is 4.51. The summed E-state index contributed by atoms with van der Waals surface area (Å²) < 4.78 is 1.63. The number of aromatic nitrogens is 1. The van der Waals surface area contributed by atoms with Crippen LogP contribution in [-0.4, -0.2) is 23.5 Å². The van der Waals surface area contributed by atoms with E-state index < -0.39 is 5.97 Å². The van der Waals surface area contributed by atoms with Crippen LogP contribution in [0.1, 0.15) is 11.1 Å². The first-order valence-electron chi connectivity index (χ1n) is 7.93. The molecule has 1 aliphatic heterocycles. The van der Waals surface area contributed by atoms with Gasteiger partial charge < -0.3 is 19.4 Å². The van der Waals surface area contributed by atoms with Gasteiger partial charge in [0.05, 0.1) is 18.2 Å². The number of carboxylic acid groups (broad SMARTS) is 1. The van der Waals surface area contributed by atoms with Gasteiger partial charge in [-0.3, -0.25) is 4.79 Å². The summed E-state index contributed by atoms with van der Waals surface area (Å²) in [6.07, 6.45) is 3.58. The second-order valence-electron chi connectivity index (χ2n) is 6.04. The van der Waals surface area contributed by atoms with Gasteiger partial charge in [0.2, 0.25) is 0 Å². The number of para-hydroxylation sites is 2. The van der Waals surface area contributed by atoms with Crippen LogP contribution in [0.3, 0.4) is 0 Å². The smallest absolute Gasteiger partial charge is 0.258 e. The number of aliphatic carboxylic acids is 1. The van der Waals surface area contributed by atoms with E-state index in [0.29, 0.717) is 5.57 Å². The Labute approximate surface area is 144 Å². The van der Waals surface area contributed by atoms with E-state index >= 15 is 0 Å². The van der Waals surface area contributed by atoms with Gasteiger partial charge in [-0.05, 0) is 18.2 Å². The Balaban J connectivity index is 1.90. The summed E-state index contributed by atoms with van der Waals surface area (Å²) in [6, 6.07) is 15.2. The van der Waals surface area contributed by atoms with Crippen LogP contribution in [0, 0.1) is 0 Å². The Kier molecular flexibility index (Phi) is 3.42. The minimum absolute atomic E-state index is 0.0714. The summed E-state index contributed by atoms with van der Waals surface area (Å²) in [7, 11) is 1.75. The van der Waals surface area contributed by atoms with E-state index in [2.05, 4.69) is 0 Å². The van der Waals surface area contributed by atoms with Gasteiger partial charge in [0.1, 0.15) is 0 Å². The number of nitrogens with zero attached hydrogens (tertiary/aromatic N) is 2. The Morgan fingerprint density at radius 3 is 2.64 bits per heavy atom. The third kappa shape index (κ3) is 2.41. The molecule has 0 unspecified atom stereocenters. The Morgan fingerprint density at radius 2 is 1.84 bits per heavy atom. The zero-order valence-corrected chi connectivity index (χ0v) is 13.6. The van der Waals surface area contributed by atoms with E-state index in [1.807, 2.05) is 54.6 Å². The van der Waals surface area contributed by atoms with Crippen LogP contribution in [0.2, 0.25) is 0 Å². The normalized spacial score (nSPS) is 15.2. The summed E-state index contributed by atoms with van der Waals surface area (Å²) in [4.78, 5) is 25.3. The van der Waals surface area contributed by atoms with Crippen molar-refractivity contribution in [2.75, 3.05) is 11.9 Å². The first kappa shape index (κ1) is 15.2. The lowest BCUT2D eigenvalue weighted by Gasteiger charge is -2.07. The maximum absolute atomic E-state index is 12.6. The van der Waals surface area contributed by atoms with E-state index in [9.17, 15) is 14.7 Å².